The highest BCUT2D eigenvalue weighted by molar-refractivity contribution is 5.85. The number of benzene rings is 1. The molecule has 1 atom stereocenters. The molecule has 19 heavy (non-hydrogen) atoms. The van der Waals surface area contributed by atoms with Gasteiger partial charge in [0.1, 0.15) is 11.4 Å². The summed E-state index contributed by atoms with van der Waals surface area (Å²) in [6, 6.07) is 6.14. The van der Waals surface area contributed by atoms with Gasteiger partial charge in [0.05, 0.1) is 6.61 Å². The van der Waals surface area contributed by atoms with Crippen LogP contribution in [0.15, 0.2) is 24.3 Å². The molecule has 1 N–H and O–H groups in total. The molecule has 104 valence electrons. The van der Waals surface area contributed by atoms with E-state index in [9.17, 15) is 9.18 Å². The Balaban J connectivity index is 2.21. The van der Waals surface area contributed by atoms with Gasteiger partial charge in [0.15, 0.2) is 0 Å². The number of likely N-dealkylation sites (N-methyl/N-ethyl adjacent to an activating group) is 1. The van der Waals surface area contributed by atoms with Crippen molar-refractivity contribution < 1.29 is 13.9 Å². The summed E-state index contributed by atoms with van der Waals surface area (Å²) in [5.74, 6) is -0.598. The molecule has 0 amide bonds. The van der Waals surface area contributed by atoms with Crippen molar-refractivity contribution in [2.75, 3.05) is 32.1 Å². The van der Waals surface area contributed by atoms with Crippen LogP contribution in [0.5, 0.6) is 0 Å². The van der Waals surface area contributed by atoms with E-state index in [-0.39, 0.29) is 11.8 Å². The lowest BCUT2D eigenvalue weighted by Crippen LogP contribution is -2.49. The van der Waals surface area contributed by atoms with Crippen molar-refractivity contribution in [1.29, 1.82) is 0 Å². The normalized spacial score (nSPS) is 23.3. The largest absolute Gasteiger partial charge is 0.464 e. The minimum Gasteiger partial charge on any atom is -0.464 e. The third-order valence-corrected chi connectivity index (χ3v) is 3.33. The van der Waals surface area contributed by atoms with Crippen LogP contribution in [0, 0.1) is 5.82 Å². The second-order valence-electron chi connectivity index (χ2n) is 4.93. The van der Waals surface area contributed by atoms with Gasteiger partial charge in [-0.2, -0.15) is 0 Å². The first-order chi connectivity index (χ1) is 9.05. The number of ether oxygens (including phenoxy) is 1. The highest BCUT2D eigenvalue weighted by Gasteiger charge is 2.45. The summed E-state index contributed by atoms with van der Waals surface area (Å²) in [6.45, 7) is 3.49. The number of nitrogens with zero attached hydrogens (tertiary/aromatic N) is 1. The van der Waals surface area contributed by atoms with Crippen LogP contribution in [-0.4, -0.2) is 43.2 Å². The minimum absolute atomic E-state index is 0.274. The number of carbonyl (C=O) groups excluding carboxylic acids is 1. The van der Waals surface area contributed by atoms with E-state index >= 15 is 0 Å². The second-order valence-corrected chi connectivity index (χ2v) is 4.93. The van der Waals surface area contributed by atoms with Crippen molar-refractivity contribution in [3.63, 3.8) is 0 Å². The van der Waals surface area contributed by atoms with Crippen LogP contribution in [0.2, 0.25) is 0 Å². The van der Waals surface area contributed by atoms with Gasteiger partial charge in [-0.05, 0) is 38.6 Å². The molecule has 1 saturated heterocycles. The first-order valence-corrected chi connectivity index (χ1v) is 6.45. The Morgan fingerprint density at radius 1 is 1.58 bits per heavy atom. The zero-order chi connectivity index (χ0) is 13.9. The molecule has 1 aliphatic heterocycles. The SMILES string of the molecule is CCOC(=O)C1(Nc2cccc(F)c2)CCN(C)C1. The fourth-order valence-electron chi connectivity index (χ4n) is 2.43. The highest BCUT2D eigenvalue weighted by Crippen LogP contribution is 2.27. The van der Waals surface area contributed by atoms with Crippen molar-refractivity contribution in [2.24, 2.45) is 0 Å². The third-order valence-electron chi connectivity index (χ3n) is 3.33. The highest BCUT2D eigenvalue weighted by atomic mass is 19.1. The average molecular weight is 266 g/mol. The number of carbonyl (C=O) groups is 1. The average Bonchev–Trinajstić information content (AvgIpc) is 2.72. The third kappa shape index (κ3) is 3.04. The molecule has 1 unspecified atom stereocenters. The molecule has 0 saturated carbocycles. The second kappa shape index (κ2) is 5.57. The molecule has 1 aliphatic rings. The van der Waals surface area contributed by atoms with Crippen LogP contribution in [0.25, 0.3) is 0 Å². The molecule has 4 nitrogen and oxygen atoms in total. The maximum Gasteiger partial charge on any atom is 0.333 e. The summed E-state index contributed by atoms with van der Waals surface area (Å²) in [5, 5.41) is 3.15. The first-order valence-electron chi connectivity index (χ1n) is 6.45. The quantitative estimate of drug-likeness (QED) is 0.845. The van der Waals surface area contributed by atoms with E-state index in [1.807, 2.05) is 7.05 Å². The molecule has 1 aromatic rings. The lowest BCUT2D eigenvalue weighted by atomic mass is 9.98. The molecule has 5 heteroatoms. The summed E-state index contributed by atoms with van der Waals surface area (Å²) < 4.78 is 18.4. The Morgan fingerprint density at radius 3 is 2.95 bits per heavy atom. The predicted molar refractivity (Wildman–Crippen MR) is 71.5 cm³/mol. The fraction of sp³-hybridized carbons (Fsp3) is 0.500. The van der Waals surface area contributed by atoms with Crippen molar-refractivity contribution in [3.8, 4) is 0 Å². The lowest BCUT2D eigenvalue weighted by molar-refractivity contribution is -0.148. The van der Waals surface area contributed by atoms with Crippen LogP contribution in [0.4, 0.5) is 10.1 Å². The number of rotatable bonds is 4. The van der Waals surface area contributed by atoms with Crippen LogP contribution in [-0.2, 0) is 9.53 Å². The number of anilines is 1. The van der Waals surface area contributed by atoms with Crippen LogP contribution in [0.3, 0.4) is 0 Å². The van der Waals surface area contributed by atoms with E-state index in [1.54, 1.807) is 19.1 Å². The topological polar surface area (TPSA) is 41.6 Å². The number of halogens is 1. The van der Waals surface area contributed by atoms with Crippen LogP contribution >= 0.6 is 0 Å². The Bertz CT molecular complexity index is 467. The van der Waals surface area contributed by atoms with Gasteiger partial charge in [-0.1, -0.05) is 6.07 Å². The Hall–Kier alpha value is -1.62. The summed E-state index contributed by atoms with van der Waals surface area (Å²) in [7, 11) is 1.95. The van der Waals surface area contributed by atoms with E-state index in [1.165, 1.54) is 12.1 Å². The molecule has 1 heterocycles. The Kier molecular flexibility index (Phi) is 4.04. The van der Waals surface area contributed by atoms with Gasteiger partial charge in [0, 0.05) is 18.8 Å². The van der Waals surface area contributed by atoms with Crippen LogP contribution < -0.4 is 5.32 Å². The standard InChI is InChI=1S/C14H19FN2O2/c1-3-19-13(18)14(7-8-17(2)10-14)16-12-6-4-5-11(15)9-12/h4-6,9,16H,3,7-8,10H2,1-2H3. The Labute approximate surface area is 112 Å². The number of nitrogens with one attached hydrogen (secondary N) is 1. The Morgan fingerprint density at radius 2 is 2.37 bits per heavy atom. The lowest BCUT2D eigenvalue weighted by Gasteiger charge is -2.29. The number of likely N-dealkylation sites (tertiary alicyclic amines) is 1. The van der Waals surface area contributed by atoms with E-state index in [0.29, 0.717) is 25.3 Å². The van der Waals surface area contributed by atoms with Gasteiger partial charge < -0.3 is 15.0 Å². The molecule has 2 rings (SSSR count). The monoisotopic (exact) mass is 266 g/mol. The molecule has 0 aromatic heterocycles. The molecule has 1 fully saturated rings. The molecule has 0 radical (unpaired) electrons. The zero-order valence-electron chi connectivity index (χ0n) is 11.3. The number of hydrogen-bond donors (Lipinski definition) is 1. The van der Waals surface area contributed by atoms with Crippen molar-refractivity contribution >= 4 is 11.7 Å². The van der Waals surface area contributed by atoms with Crippen LogP contribution in [0.1, 0.15) is 13.3 Å². The van der Waals surface area contributed by atoms with E-state index < -0.39 is 5.54 Å². The maximum absolute atomic E-state index is 13.2. The first kappa shape index (κ1) is 13.8. The van der Waals surface area contributed by atoms with E-state index in [0.717, 1.165) is 6.54 Å². The number of hydrogen-bond acceptors (Lipinski definition) is 4. The molecular formula is C14H19FN2O2. The molecule has 1 aromatic carbocycles. The predicted octanol–water partition coefficient (Wildman–Crippen LogP) is 1.88. The summed E-state index contributed by atoms with van der Waals surface area (Å²) >= 11 is 0. The van der Waals surface area contributed by atoms with Crippen molar-refractivity contribution in [3.05, 3.63) is 30.1 Å². The zero-order valence-corrected chi connectivity index (χ0v) is 11.3. The van der Waals surface area contributed by atoms with Gasteiger partial charge in [-0.15, -0.1) is 0 Å². The summed E-state index contributed by atoms with van der Waals surface area (Å²) in [5.41, 5.74) is -0.179. The smallest absolute Gasteiger partial charge is 0.333 e. The molecule has 0 bridgehead atoms. The van der Waals surface area contributed by atoms with E-state index in [2.05, 4.69) is 10.2 Å². The minimum atomic E-state index is -0.779. The van der Waals surface area contributed by atoms with Crippen molar-refractivity contribution in [2.45, 2.75) is 18.9 Å². The summed E-state index contributed by atoms with van der Waals surface area (Å²) in [4.78, 5) is 14.3. The summed E-state index contributed by atoms with van der Waals surface area (Å²) in [6.07, 6.45) is 0.652. The van der Waals surface area contributed by atoms with Gasteiger partial charge >= 0.3 is 5.97 Å². The maximum atomic E-state index is 13.2. The van der Waals surface area contributed by atoms with Gasteiger partial charge in [0.2, 0.25) is 0 Å². The van der Waals surface area contributed by atoms with Gasteiger partial charge in [-0.3, -0.25) is 0 Å². The van der Waals surface area contributed by atoms with Gasteiger partial charge in [0.25, 0.3) is 0 Å². The molecule has 0 spiro atoms. The molecular weight excluding hydrogens is 247 g/mol. The number of esters is 1. The van der Waals surface area contributed by atoms with Crippen molar-refractivity contribution in [1.82, 2.24) is 4.90 Å². The van der Waals surface area contributed by atoms with E-state index in [4.69, 9.17) is 4.74 Å². The molecule has 0 aliphatic carbocycles. The fourth-order valence-corrected chi connectivity index (χ4v) is 2.43. The van der Waals surface area contributed by atoms with Gasteiger partial charge in [-0.25, -0.2) is 9.18 Å².